The maximum atomic E-state index is 9.35. The SMILES string of the molecule is CCCCCCSP(O)(=S)[O][Mo]. The van der Waals surface area contributed by atoms with Gasteiger partial charge in [-0.05, 0) is 0 Å². The second-order valence-electron chi connectivity index (χ2n) is 2.44. The van der Waals surface area contributed by atoms with Gasteiger partial charge >= 0.3 is 95.5 Å². The van der Waals surface area contributed by atoms with Gasteiger partial charge < -0.3 is 0 Å². The summed E-state index contributed by atoms with van der Waals surface area (Å²) in [6.07, 6.45) is 4.86. The van der Waals surface area contributed by atoms with Crippen molar-refractivity contribution in [1.29, 1.82) is 0 Å². The van der Waals surface area contributed by atoms with E-state index in [1.165, 1.54) is 50.8 Å². The van der Waals surface area contributed by atoms with E-state index in [0.717, 1.165) is 12.2 Å². The molecule has 0 aliphatic heterocycles. The van der Waals surface area contributed by atoms with Crippen molar-refractivity contribution >= 4 is 28.9 Å². The van der Waals surface area contributed by atoms with E-state index >= 15 is 0 Å². The first kappa shape index (κ1) is 13.6. The zero-order valence-corrected chi connectivity index (χ0v) is 11.6. The third-order valence-electron chi connectivity index (χ3n) is 1.35. The van der Waals surface area contributed by atoms with Gasteiger partial charge in [-0.15, -0.1) is 0 Å². The van der Waals surface area contributed by atoms with E-state index in [-0.39, 0.29) is 0 Å². The molecule has 0 aliphatic rings. The fraction of sp³-hybridized carbons (Fsp3) is 1.00. The number of rotatable bonds is 7. The van der Waals surface area contributed by atoms with Crippen LogP contribution in [0.3, 0.4) is 0 Å². The molecule has 0 rings (SSSR count). The quantitative estimate of drug-likeness (QED) is 0.445. The third-order valence-corrected chi connectivity index (χ3v) is 8.36. The Morgan fingerprint density at radius 2 is 2.17 bits per heavy atom. The van der Waals surface area contributed by atoms with Crippen LogP contribution in [0.25, 0.3) is 0 Å². The summed E-state index contributed by atoms with van der Waals surface area (Å²) in [5.74, 6) is 0.920. The van der Waals surface area contributed by atoms with E-state index in [1.54, 1.807) is 0 Å². The summed E-state index contributed by atoms with van der Waals surface area (Å²) in [6.45, 7) is 2.18. The average molecular weight is 309 g/mol. The molecule has 12 heavy (non-hydrogen) atoms. The Hall–Kier alpha value is 1.61. The van der Waals surface area contributed by atoms with Crippen molar-refractivity contribution in [1.82, 2.24) is 0 Å². The summed E-state index contributed by atoms with van der Waals surface area (Å²) in [5.41, 5.74) is -2.47. The molecule has 6 heteroatoms. The average Bonchev–Trinajstić information content (AvgIpc) is 2.04. The molecule has 0 spiro atoms. The van der Waals surface area contributed by atoms with Crippen LogP contribution < -0.4 is 0 Å². The van der Waals surface area contributed by atoms with Gasteiger partial charge in [0.15, 0.2) is 0 Å². The van der Waals surface area contributed by atoms with E-state index in [1.807, 2.05) is 0 Å². The van der Waals surface area contributed by atoms with Crippen LogP contribution in [0.1, 0.15) is 32.6 Å². The monoisotopic (exact) mass is 311 g/mol. The Labute approximate surface area is 95.1 Å². The molecule has 2 nitrogen and oxygen atoms in total. The number of hydrogen-bond donors (Lipinski definition) is 1. The van der Waals surface area contributed by atoms with E-state index in [2.05, 4.69) is 6.92 Å². The predicted octanol–water partition coefficient (Wildman–Crippen LogP) is 3.00. The Morgan fingerprint density at radius 1 is 1.50 bits per heavy atom. The van der Waals surface area contributed by atoms with E-state index in [0.29, 0.717) is 0 Å². The summed E-state index contributed by atoms with van der Waals surface area (Å²) in [4.78, 5) is 9.35. The Morgan fingerprint density at radius 3 is 2.67 bits per heavy atom. The van der Waals surface area contributed by atoms with Gasteiger partial charge in [0.05, 0.1) is 0 Å². The second-order valence-corrected chi connectivity index (χ2v) is 9.73. The zero-order chi connectivity index (χ0) is 9.45. The molecular formula is C6H14MoO2PS2. The van der Waals surface area contributed by atoms with Crippen LogP contribution in [0.2, 0.25) is 0 Å². The van der Waals surface area contributed by atoms with Gasteiger partial charge in [-0.3, -0.25) is 0 Å². The summed E-state index contributed by atoms with van der Waals surface area (Å²) >= 11 is 7.63. The van der Waals surface area contributed by atoms with Gasteiger partial charge in [0.25, 0.3) is 0 Å². The summed E-state index contributed by atoms with van der Waals surface area (Å²) < 4.78 is 4.80. The van der Waals surface area contributed by atoms with Crippen molar-refractivity contribution in [2.24, 2.45) is 0 Å². The van der Waals surface area contributed by atoms with Crippen molar-refractivity contribution < 1.29 is 28.3 Å². The third kappa shape index (κ3) is 8.22. The van der Waals surface area contributed by atoms with Crippen molar-refractivity contribution in [3.63, 3.8) is 0 Å². The number of unbranched alkanes of at least 4 members (excludes halogenated alkanes) is 3. The van der Waals surface area contributed by atoms with Gasteiger partial charge in [0.1, 0.15) is 0 Å². The summed E-state index contributed by atoms with van der Waals surface area (Å²) in [7, 11) is 0. The Kier molecular flexibility index (Phi) is 9.03. The molecule has 0 fully saturated rings. The molecule has 0 radical (unpaired) electrons. The predicted molar refractivity (Wildman–Crippen MR) is 54.2 cm³/mol. The maximum absolute atomic E-state index is 9.35. The molecule has 0 aromatic rings. The van der Waals surface area contributed by atoms with E-state index in [9.17, 15) is 4.89 Å². The first-order valence-electron chi connectivity index (χ1n) is 3.91. The standard InChI is InChI=1S/C6H15O2PS2.Mo/c1-2-3-4-5-6-11-9(7,8)10;/h2-6H2,1H3,(H2,7,8,10);/q;+1/p-1. The molecular weight excluding hydrogens is 295 g/mol. The van der Waals surface area contributed by atoms with Crippen molar-refractivity contribution in [3.8, 4) is 0 Å². The summed E-state index contributed by atoms with van der Waals surface area (Å²) in [6, 6.07) is 0. The van der Waals surface area contributed by atoms with Crippen LogP contribution in [-0.4, -0.2) is 10.6 Å². The van der Waals surface area contributed by atoms with Crippen LogP contribution in [-0.2, 0) is 35.2 Å². The second kappa shape index (κ2) is 7.96. The topological polar surface area (TPSA) is 29.5 Å². The molecule has 0 aliphatic carbocycles. The van der Waals surface area contributed by atoms with Crippen LogP contribution in [0, 0.1) is 0 Å². The first-order chi connectivity index (χ1) is 5.62. The summed E-state index contributed by atoms with van der Waals surface area (Å²) in [5, 5.41) is 0. The van der Waals surface area contributed by atoms with Crippen molar-refractivity contribution in [2.75, 3.05) is 5.75 Å². The van der Waals surface area contributed by atoms with Crippen LogP contribution in [0.4, 0.5) is 0 Å². The van der Waals surface area contributed by atoms with Gasteiger partial charge in [0.2, 0.25) is 0 Å². The Bertz CT molecular complexity index is 156. The molecule has 0 bridgehead atoms. The van der Waals surface area contributed by atoms with Crippen LogP contribution >= 0.6 is 17.1 Å². The molecule has 0 aromatic carbocycles. The number of hydrogen-bond acceptors (Lipinski definition) is 3. The van der Waals surface area contributed by atoms with Crippen LogP contribution in [0.5, 0.6) is 0 Å². The van der Waals surface area contributed by atoms with Crippen molar-refractivity contribution in [3.05, 3.63) is 0 Å². The first-order valence-corrected chi connectivity index (χ1v) is 8.99. The van der Waals surface area contributed by atoms with Gasteiger partial charge in [-0.25, -0.2) is 0 Å². The molecule has 0 amide bonds. The molecule has 73 valence electrons. The fourth-order valence-electron chi connectivity index (χ4n) is 0.730. The van der Waals surface area contributed by atoms with E-state index in [4.69, 9.17) is 15.0 Å². The van der Waals surface area contributed by atoms with Crippen molar-refractivity contribution in [2.45, 2.75) is 32.6 Å². The zero-order valence-electron chi connectivity index (χ0n) is 7.06. The molecule has 0 heterocycles. The molecule has 0 saturated carbocycles. The Balaban J connectivity index is 3.25. The molecule has 0 saturated heterocycles. The molecule has 1 atom stereocenters. The van der Waals surface area contributed by atoms with Gasteiger partial charge in [-0.2, -0.15) is 0 Å². The molecule has 0 aromatic heterocycles. The molecule has 1 N–H and O–H groups in total. The fourth-order valence-corrected chi connectivity index (χ4v) is 4.17. The minimum atomic E-state index is -2.47. The normalized spacial score (nSPS) is 15.8. The van der Waals surface area contributed by atoms with Gasteiger partial charge in [-0.1, -0.05) is 0 Å². The van der Waals surface area contributed by atoms with Gasteiger partial charge in [0, 0.05) is 0 Å². The minimum absolute atomic E-state index is 0.920. The molecule has 1 unspecified atom stereocenters. The van der Waals surface area contributed by atoms with E-state index < -0.39 is 5.69 Å². The van der Waals surface area contributed by atoms with Crippen LogP contribution in [0.15, 0.2) is 0 Å².